The van der Waals surface area contributed by atoms with E-state index in [0.717, 1.165) is 0 Å². The Balaban J connectivity index is 2.40. The number of benzene rings is 1. The van der Waals surface area contributed by atoms with E-state index in [1.165, 1.54) is 16.4 Å². The smallest absolute Gasteiger partial charge is 0.245 e. The lowest BCUT2D eigenvalue weighted by Gasteiger charge is -2.36. The number of nitrogens with zero attached hydrogens (tertiary/aromatic N) is 1. The number of ether oxygens (including phenoxy) is 1. The fraction of sp³-hybridized carbons (Fsp3) is 0.500. The van der Waals surface area contributed by atoms with E-state index in [1.54, 1.807) is 13.0 Å². The fourth-order valence-corrected chi connectivity index (χ4v) is 4.80. The molecule has 0 aromatic heterocycles. The van der Waals surface area contributed by atoms with E-state index in [1.807, 2.05) is 0 Å². The predicted octanol–water partition coefficient (Wildman–Crippen LogP) is 3.17. The largest absolute Gasteiger partial charge is 0.374 e. The van der Waals surface area contributed by atoms with Crippen molar-refractivity contribution >= 4 is 49.2 Å². The van der Waals surface area contributed by atoms with Crippen LogP contribution in [0.4, 0.5) is 0 Å². The molecule has 2 rings (SSSR count). The van der Waals surface area contributed by atoms with Crippen LogP contribution < -0.4 is 0 Å². The SMILES string of the molecule is CC1COC(CBr)CN1S(=O)(=O)c1cc(Cl)ccc1Cl. The summed E-state index contributed by atoms with van der Waals surface area (Å²) in [7, 11) is -3.69. The van der Waals surface area contributed by atoms with Crippen LogP contribution in [0.15, 0.2) is 23.1 Å². The van der Waals surface area contributed by atoms with Gasteiger partial charge in [-0.25, -0.2) is 8.42 Å². The fourth-order valence-electron chi connectivity index (χ4n) is 2.02. The summed E-state index contributed by atoms with van der Waals surface area (Å²) in [5.74, 6) is 0. The predicted molar refractivity (Wildman–Crippen MR) is 83.3 cm³/mol. The van der Waals surface area contributed by atoms with Crippen LogP contribution in [0.3, 0.4) is 0 Å². The highest BCUT2D eigenvalue weighted by Gasteiger charge is 2.36. The summed E-state index contributed by atoms with van der Waals surface area (Å²) < 4.78 is 32.4. The second-order valence-corrected chi connectivity index (χ2v) is 7.96. The third-order valence-electron chi connectivity index (χ3n) is 3.10. The van der Waals surface area contributed by atoms with Crippen LogP contribution in [0.25, 0.3) is 0 Å². The van der Waals surface area contributed by atoms with E-state index >= 15 is 0 Å². The number of hydrogen-bond donors (Lipinski definition) is 0. The van der Waals surface area contributed by atoms with Gasteiger partial charge in [0, 0.05) is 22.9 Å². The van der Waals surface area contributed by atoms with Gasteiger partial charge in [-0.15, -0.1) is 0 Å². The Hall–Kier alpha value is 0.150. The molecular weight excluding hydrogens is 389 g/mol. The summed E-state index contributed by atoms with van der Waals surface area (Å²) in [6.45, 7) is 2.45. The molecule has 0 N–H and O–H groups in total. The first-order valence-corrected chi connectivity index (χ1v) is 9.32. The lowest BCUT2D eigenvalue weighted by molar-refractivity contribution is -0.0139. The summed E-state index contributed by atoms with van der Waals surface area (Å²) in [6, 6.07) is 4.19. The average molecular weight is 403 g/mol. The summed E-state index contributed by atoms with van der Waals surface area (Å²) in [5.41, 5.74) is 0. The molecule has 1 aliphatic heterocycles. The van der Waals surface area contributed by atoms with Crippen molar-refractivity contribution in [1.29, 1.82) is 0 Å². The van der Waals surface area contributed by atoms with Crippen molar-refractivity contribution in [3.63, 3.8) is 0 Å². The lowest BCUT2D eigenvalue weighted by Crippen LogP contribution is -2.51. The zero-order chi connectivity index (χ0) is 14.9. The van der Waals surface area contributed by atoms with Gasteiger partial charge in [0.25, 0.3) is 0 Å². The van der Waals surface area contributed by atoms with Gasteiger partial charge < -0.3 is 4.74 Å². The Bertz CT molecular complexity index is 596. The summed E-state index contributed by atoms with van der Waals surface area (Å²) in [4.78, 5) is 0.0359. The normalized spacial score (nSPS) is 24.8. The van der Waals surface area contributed by atoms with E-state index in [4.69, 9.17) is 27.9 Å². The molecule has 4 nitrogen and oxygen atoms in total. The van der Waals surface area contributed by atoms with E-state index in [2.05, 4.69) is 15.9 Å². The maximum atomic E-state index is 12.7. The maximum absolute atomic E-state index is 12.7. The van der Waals surface area contributed by atoms with Gasteiger partial charge in [0.05, 0.1) is 17.7 Å². The number of hydrogen-bond acceptors (Lipinski definition) is 3. The van der Waals surface area contributed by atoms with E-state index in [9.17, 15) is 8.42 Å². The number of morpholine rings is 1. The van der Waals surface area contributed by atoms with Gasteiger partial charge in [-0.2, -0.15) is 4.31 Å². The zero-order valence-corrected chi connectivity index (χ0v) is 14.6. The van der Waals surface area contributed by atoms with E-state index in [0.29, 0.717) is 17.0 Å². The topological polar surface area (TPSA) is 46.6 Å². The van der Waals surface area contributed by atoms with E-state index < -0.39 is 10.0 Å². The molecule has 1 fully saturated rings. The molecule has 1 aromatic rings. The van der Waals surface area contributed by atoms with Gasteiger partial charge in [0.15, 0.2) is 0 Å². The molecule has 0 bridgehead atoms. The standard InChI is InChI=1S/C12H14BrCl2NO3S/c1-8-7-19-10(5-13)6-16(8)20(17,18)12-4-9(14)2-3-11(12)15/h2-4,8,10H,5-7H2,1H3. The number of halogens is 3. The van der Waals surface area contributed by atoms with Crippen LogP contribution in [0, 0.1) is 0 Å². The van der Waals surface area contributed by atoms with Gasteiger partial charge in [-0.1, -0.05) is 39.1 Å². The minimum absolute atomic E-state index is 0.0359. The van der Waals surface area contributed by atoms with Crippen LogP contribution in [-0.4, -0.2) is 43.4 Å². The molecule has 0 amide bonds. The molecule has 20 heavy (non-hydrogen) atoms. The van der Waals surface area contributed by atoms with Crippen LogP contribution in [0.1, 0.15) is 6.92 Å². The molecule has 8 heteroatoms. The summed E-state index contributed by atoms with van der Waals surface area (Å²) in [5, 5.41) is 1.09. The zero-order valence-electron chi connectivity index (χ0n) is 10.7. The quantitative estimate of drug-likeness (QED) is 0.729. The average Bonchev–Trinajstić information content (AvgIpc) is 2.41. The first kappa shape index (κ1) is 16.5. The molecule has 1 aromatic carbocycles. The molecule has 0 radical (unpaired) electrons. The monoisotopic (exact) mass is 401 g/mol. The summed E-state index contributed by atoms with van der Waals surface area (Å²) >= 11 is 15.2. The number of alkyl halides is 1. The Morgan fingerprint density at radius 1 is 1.45 bits per heavy atom. The third kappa shape index (κ3) is 3.31. The van der Waals surface area contributed by atoms with Gasteiger partial charge in [0.1, 0.15) is 4.90 Å². The van der Waals surface area contributed by atoms with Crippen molar-refractivity contribution in [2.45, 2.75) is 24.0 Å². The maximum Gasteiger partial charge on any atom is 0.245 e. The summed E-state index contributed by atoms with van der Waals surface area (Å²) in [6.07, 6.45) is -0.168. The van der Waals surface area contributed by atoms with Crippen molar-refractivity contribution < 1.29 is 13.2 Å². The molecule has 2 unspecified atom stereocenters. The minimum atomic E-state index is -3.69. The van der Waals surface area contributed by atoms with Gasteiger partial charge in [-0.05, 0) is 25.1 Å². The molecule has 112 valence electrons. The van der Waals surface area contributed by atoms with Crippen LogP contribution in [-0.2, 0) is 14.8 Å². The Morgan fingerprint density at radius 2 is 2.15 bits per heavy atom. The molecule has 1 heterocycles. The minimum Gasteiger partial charge on any atom is -0.374 e. The van der Waals surface area contributed by atoms with Crippen molar-refractivity contribution in [2.24, 2.45) is 0 Å². The van der Waals surface area contributed by atoms with Gasteiger partial charge >= 0.3 is 0 Å². The van der Waals surface area contributed by atoms with Crippen LogP contribution in [0.5, 0.6) is 0 Å². The second-order valence-electron chi connectivity index (χ2n) is 4.61. The third-order valence-corrected chi connectivity index (χ3v) is 6.52. The molecule has 0 aliphatic carbocycles. The lowest BCUT2D eigenvalue weighted by atomic mass is 10.2. The highest BCUT2D eigenvalue weighted by molar-refractivity contribution is 9.09. The molecule has 1 saturated heterocycles. The van der Waals surface area contributed by atoms with Crippen molar-refractivity contribution in [3.8, 4) is 0 Å². The molecule has 1 aliphatic rings. The Kier molecular flexibility index (Phi) is 5.37. The highest BCUT2D eigenvalue weighted by Crippen LogP contribution is 2.30. The van der Waals surface area contributed by atoms with Crippen molar-refractivity contribution in [2.75, 3.05) is 18.5 Å². The first-order valence-electron chi connectivity index (χ1n) is 6.00. The Morgan fingerprint density at radius 3 is 2.80 bits per heavy atom. The number of sulfonamides is 1. The van der Waals surface area contributed by atoms with Crippen LogP contribution >= 0.6 is 39.1 Å². The molecule has 2 atom stereocenters. The highest BCUT2D eigenvalue weighted by atomic mass is 79.9. The molecule has 0 saturated carbocycles. The van der Waals surface area contributed by atoms with Crippen LogP contribution in [0.2, 0.25) is 10.0 Å². The Labute approximate surface area is 137 Å². The van der Waals surface area contributed by atoms with Crippen molar-refractivity contribution in [3.05, 3.63) is 28.2 Å². The van der Waals surface area contributed by atoms with E-state index in [-0.39, 0.29) is 28.6 Å². The van der Waals surface area contributed by atoms with Gasteiger partial charge in [0.2, 0.25) is 10.0 Å². The van der Waals surface area contributed by atoms with Crippen molar-refractivity contribution in [1.82, 2.24) is 4.31 Å². The first-order chi connectivity index (χ1) is 9.36. The second kappa shape index (κ2) is 6.50. The molecule has 0 spiro atoms. The number of rotatable bonds is 3. The van der Waals surface area contributed by atoms with Gasteiger partial charge in [-0.3, -0.25) is 0 Å². The molecular formula is C12H14BrCl2NO3S.